The van der Waals surface area contributed by atoms with Gasteiger partial charge in [-0.15, -0.1) is 0 Å². The molecule has 21 heavy (non-hydrogen) atoms. The third-order valence-corrected chi connectivity index (χ3v) is 4.19. The van der Waals surface area contributed by atoms with Crippen LogP contribution in [0, 0.1) is 20.8 Å². The van der Waals surface area contributed by atoms with Crippen molar-refractivity contribution in [3.63, 3.8) is 0 Å². The molecule has 0 aromatic heterocycles. The lowest BCUT2D eigenvalue weighted by atomic mass is 9.89. The Labute approximate surface area is 124 Å². The number of fused-ring (bicyclic) bond motifs is 1. The van der Waals surface area contributed by atoms with Crippen LogP contribution in [0.25, 0.3) is 0 Å². The largest absolute Gasteiger partial charge is 0.359 e. The zero-order chi connectivity index (χ0) is 15.1. The van der Waals surface area contributed by atoms with Crippen LogP contribution in [-0.4, -0.2) is 41.7 Å². The van der Waals surface area contributed by atoms with Crippen LogP contribution in [0.1, 0.15) is 34.6 Å². The Morgan fingerprint density at radius 2 is 1.67 bits per heavy atom. The first kappa shape index (κ1) is 14.1. The van der Waals surface area contributed by atoms with Crippen molar-refractivity contribution in [1.29, 1.82) is 0 Å². The van der Waals surface area contributed by atoms with Gasteiger partial charge in [0.25, 0.3) is 11.8 Å². The molecule has 2 fully saturated rings. The van der Waals surface area contributed by atoms with Crippen LogP contribution in [0.2, 0.25) is 0 Å². The molecule has 0 spiro atoms. The Hall–Kier alpha value is -1.88. The average Bonchev–Trinajstić information content (AvgIpc) is 2.61. The van der Waals surface area contributed by atoms with Crippen molar-refractivity contribution in [2.75, 3.05) is 19.9 Å². The Morgan fingerprint density at radius 1 is 1.05 bits per heavy atom. The van der Waals surface area contributed by atoms with Gasteiger partial charge in [-0.1, -0.05) is 17.7 Å². The highest BCUT2D eigenvalue weighted by Crippen LogP contribution is 2.34. The van der Waals surface area contributed by atoms with E-state index >= 15 is 0 Å². The van der Waals surface area contributed by atoms with Gasteiger partial charge in [-0.05, 0) is 43.9 Å². The maximum absolute atomic E-state index is 12.7. The van der Waals surface area contributed by atoms with Crippen molar-refractivity contribution in [2.24, 2.45) is 0 Å². The maximum Gasteiger partial charge on any atom is 0.260 e. The topological polar surface area (TPSA) is 49.9 Å². The van der Waals surface area contributed by atoms with Crippen molar-refractivity contribution in [3.8, 4) is 0 Å². The molecule has 1 atom stereocenters. The minimum atomic E-state index is -0.715. The quantitative estimate of drug-likeness (QED) is 0.738. The number of hydrogen-bond donors (Lipinski definition) is 0. The summed E-state index contributed by atoms with van der Waals surface area (Å²) in [6, 6.07) is 4.05. The molecule has 3 rings (SSSR count). The molecule has 1 aromatic rings. The lowest BCUT2D eigenvalue weighted by molar-refractivity contribution is -0.153. The first-order chi connectivity index (χ1) is 10.0. The van der Waals surface area contributed by atoms with Gasteiger partial charge in [0.2, 0.25) is 0 Å². The van der Waals surface area contributed by atoms with Gasteiger partial charge in [-0.2, -0.15) is 0 Å². The molecule has 2 heterocycles. The van der Waals surface area contributed by atoms with Gasteiger partial charge in [-0.25, -0.2) is 10.0 Å². The van der Waals surface area contributed by atoms with Crippen molar-refractivity contribution < 1.29 is 14.3 Å². The van der Waals surface area contributed by atoms with E-state index in [1.807, 2.05) is 32.9 Å². The summed E-state index contributed by atoms with van der Waals surface area (Å²) in [4.78, 5) is 25.4. The van der Waals surface area contributed by atoms with Crippen molar-refractivity contribution in [3.05, 3.63) is 34.4 Å². The molecule has 112 valence electrons. The normalized spacial score (nSPS) is 22.5. The summed E-state index contributed by atoms with van der Waals surface area (Å²) in [5, 5.41) is 3.01. The average molecular weight is 288 g/mol. The Kier molecular flexibility index (Phi) is 3.45. The Morgan fingerprint density at radius 3 is 2.33 bits per heavy atom. The molecule has 2 amide bonds. The van der Waals surface area contributed by atoms with Crippen molar-refractivity contribution >= 4 is 11.8 Å². The second-order valence-corrected chi connectivity index (χ2v) is 5.84. The van der Waals surface area contributed by atoms with Crippen LogP contribution < -0.4 is 0 Å². The fourth-order valence-corrected chi connectivity index (χ4v) is 3.37. The van der Waals surface area contributed by atoms with Crippen LogP contribution in [0.15, 0.2) is 12.1 Å². The Balaban J connectivity index is 2.04. The van der Waals surface area contributed by atoms with E-state index in [0.29, 0.717) is 13.2 Å². The zero-order valence-corrected chi connectivity index (χ0v) is 12.7. The minimum absolute atomic E-state index is 0.124. The number of nitrogens with zero attached hydrogens (tertiary/aromatic N) is 2. The van der Waals surface area contributed by atoms with Crippen LogP contribution in [-0.2, 0) is 14.3 Å². The highest BCUT2D eigenvalue weighted by atomic mass is 16.5. The van der Waals surface area contributed by atoms with Gasteiger partial charge in [0.1, 0.15) is 12.6 Å². The van der Waals surface area contributed by atoms with Gasteiger partial charge in [-0.3, -0.25) is 9.59 Å². The molecule has 2 saturated heterocycles. The predicted octanol–water partition coefficient (Wildman–Crippen LogP) is 1.66. The molecule has 2 aliphatic heterocycles. The molecular weight excluding hydrogens is 268 g/mol. The summed E-state index contributed by atoms with van der Waals surface area (Å²) >= 11 is 0. The summed E-state index contributed by atoms with van der Waals surface area (Å²) in [6.45, 7) is 7.25. The molecule has 5 nitrogen and oxygen atoms in total. The second-order valence-electron chi connectivity index (χ2n) is 5.84. The number of ether oxygens (including phenoxy) is 1. The summed E-state index contributed by atoms with van der Waals surface area (Å²) in [5.74, 6) is -1.01. The van der Waals surface area contributed by atoms with Gasteiger partial charge in [0.05, 0.1) is 6.61 Å². The van der Waals surface area contributed by atoms with E-state index in [-0.39, 0.29) is 18.5 Å². The molecule has 0 aliphatic carbocycles. The van der Waals surface area contributed by atoms with E-state index in [9.17, 15) is 9.59 Å². The van der Waals surface area contributed by atoms with E-state index in [1.54, 1.807) is 5.01 Å². The van der Waals surface area contributed by atoms with Gasteiger partial charge < -0.3 is 4.74 Å². The molecule has 0 radical (unpaired) electrons. The van der Waals surface area contributed by atoms with Gasteiger partial charge in [0, 0.05) is 6.54 Å². The maximum atomic E-state index is 12.7. The van der Waals surface area contributed by atoms with Crippen molar-refractivity contribution in [2.45, 2.75) is 33.1 Å². The second kappa shape index (κ2) is 5.15. The molecule has 0 saturated carbocycles. The minimum Gasteiger partial charge on any atom is -0.359 e. The standard InChI is InChI=1S/C16H20N2O3/c1-10-7-11(2)13(12(3)8-10)14-15(19)17-5-4-6-21-9-18(17)16(14)20/h7-8,14H,4-6,9H2,1-3H3. The number of rotatable bonds is 1. The molecule has 0 bridgehead atoms. The lowest BCUT2D eigenvalue weighted by Gasteiger charge is -2.23. The predicted molar refractivity (Wildman–Crippen MR) is 77.4 cm³/mol. The van der Waals surface area contributed by atoms with E-state index < -0.39 is 5.92 Å². The first-order valence-electron chi connectivity index (χ1n) is 7.29. The molecule has 2 aliphatic rings. The molecule has 1 aromatic carbocycles. The number of carbonyl (C=O) groups excluding carboxylic acids is 2. The summed E-state index contributed by atoms with van der Waals surface area (Å²) < 4.78 is 5.40. The Bertz CT molecular complexity index is 565. The van der Waals surface area contributed by atoms with Gasteiger partial charge in [0.15, 0.2) is 0 Å². The van der Waals surface area contributed by atoms with E-state index in [1.165, 1.54) is 5.01 Å². The summed E-state index contributed by atoms with van der Waals surface area (Å²) in [7, 11) is 0. The highest BCUT2D eigenvalue weighted by Gasteiger charge is 2.47. The molecule has 5 heteroatoms. The number of amides is 2. The van der Waals surface area contributed by atoms with Gasteiger partial charge >= 0.3 is 0 Å². The molecule has 0 N–H and O–H groups in total. The highest BCUT2D eigenvalue weighted by molar-refractivity contribution is 6.10. The third-order valence-electron chi connectivity index (χ3n) is 4.19. The van der Waals surface area contributed by atoms with Crippen LogP contribution in [0.5, 0.6) is 0 Å². The fourth-order valence-electron chi connectivity index (χ4n) is 3.37. The monoisotopic (exact) mass is 288 g/mol. The number of hydrogen-bond acceptors (Lipinski definition) is 3. The van der Waals surface area contributed by atoms with E-state index in [2.05, 4.69) is 0 Å². The number of carbonyl (C=O) groups is 2. The third kappa shape index (κ3) is 2.21. The first-order valence-corrected chi connectivity index (χ1v) is 7.29. The van der Waals surface area contributed by atoms with Crippen LogP contribution in [0.3, 0.4) is 0 Å². The number of aryl methyl sites for hydroxylation is 3. The smallest absolute Gasteiger partial charge is 0.260 e. The zero-order valence-electron chi connectivity index (χ0n) is 12.7. The van der Waals surface area contributed by atoms with E-state index in [0.717, 1.165) is 28.7 Å². The molecule has 1 unspecified atom stereocenters. The SMILES string of the molecule is Cc1cc(C)c(C2C(=O)N3CCCOCN3C2=O)c(C)c1. The molecular formula is C16H20N2O3. The summed E-state index contributed by atoms with van der Waals surface area (Å²) in [6.07, 6.45) is 0.758. The van der Waals surface area contributed by atoms with Crippen LogP contribution >= 0.6 is 0 Å². The van der Waals surface area contributed by atoms with Crippen LogP contribution in [0.4, 0.5) is 0 Å². The van der Waals surface area contributed by atoms with E-state index in [4.69, 9.17) is 4.74 Å². The summed E-state index contributed by atoms with van der Waals surface area (Å²) in [5.41, 5.74) is 3.99. The lowest BCUT2D eigenvalue weighted by Crippen LogP contribution is -2.40. The van der Waals surface area contributed by atoms with Crippen molar-refractivity contribution in [1.82, 2.24) is 10.0 Å². The number of hydrazine groups is 1. The fraction of sp³-hybridized carbons (Fsp3) is 0.500. The number of benzene rings is 1.